The van der Waals surface area contributed by atoms with Crippen LogP contribution in [-0.2, 0) is 6.54 Å². The summed E-state index contributed by atoms with van der Waals surface area (Å²) in [6.45, 7) is 3.29. The number of rotatable bonds is 3. The van der Waals surface area contributed by atoms with Crippen molar-refractivity contribution in [2.45, 2.75) is 13.5 Å². The van der Waals surface area contributed by atoms with Crippen LogP contribution in [0.2, 0.25) is 0 Å². The van der Waals surface area contributed by atoms with E-state index in [1.807, 2.05) is 25.9 Å². The van der Waals surface area contributed by atoms with Crippen LogP contribution >= 0.6 is 15.9 Å². The molecule has 0 atom stereocenters. The number of halogens is 1. The summed E-state index contributed by atoms with van der Waals surface area (Å²) in [5.74, 6) is 0. The second-order valence-electron chi connectivity index (χ2n) is 3.83. The number of hydrogen-bond acceptors (Lipinski definition) is 3. The van der Waals surface area contributed by atoms with Gasteiger partial charge in [-0.25, -0.2) is 0 Å². The standard InChI is InChI=1S/C10H16BrN3O/c1-7-8(12)6-14(5-4-13(2)3)10(15)9(7)11/h6H,4-5,12H2,1-3H3. The predicted molar refractivity (Wildman–Crippen MR) is 66.1 cm³/mol. The van der Waals surface area contributed by atoms with Crippen LogP contribution < -0.4 is 11.3 Å². The Hall–Kier alpha value is -0.810. The minimum absolute atomic E-state index is 0.0245. The molecule has 1 heterocycles. The lowest BCUT2D eigenvalue weighted by Crippen LogP contribution is -2.27. The van der Waals surface area contributed by atoms with Gasteiger partial charge in [-0.1, -0.05) is 0 Å². The number of likely N-dealkylation sites (N-methyl/N-ethyl adjacent to an activating group) is 1. The van der Waals surface area contributed by atoms with Gasteiger partial charge in [0.1, 0.15) is 0 Å². The van der Waals surface area contributed by atoms with Crippen molar-refractivity contribution in [1.29, 1.82) is 0 Å². The summed E-state index contributed by atoms with van der Waals surface area (Å²) in [6.07, 6.45) is 1.70. The van der Waals surface area contributed by atoms with Gasteiger partial charge in [0, 0.05) is 19.3 Å². The van der Waals surface area contributed by atoms with Crippen LogP contribution in [0, 0.1) is 6.92 Å². The number of nitrogens with zero attached hydrogens (tertiary/aromatic N) is 2. The number of pyridine rings is 1. The fourth-order valence-electron chi connectivity index (χ4n) is 1.21. The Morgan fingerprint density at radius 3 is 2.67 bits per heavy atom. The van der Waals surface area contributed by atoms with Crippen molar-refractivity contribution in [2.24, 2.45) is 0 Å². The lowest BCUT2D eigenvalue weighted by atomic mass is 10.2. The van der Waals surface area contributed by atoms with Gasteiger partial charge in [0.2, 0.25) is 0 Å². The molecule has 0 aliphatic rings. The average Bonchev–Trinajstić information content (AvgIpc) is 2.18. The quantitative estimate of drug-likeness (QED) is 0.896. The molecule has 0 spiro atoms. The highest BCUT2D eigenvalue weighted by atomic mass is 79.9. The van der Waals surface area contributed by atoms with E-state index in [1.54, 1.807) is 10.8 Å². The highest BCUT2D eigenvalue weighted by Gasteiger charge is 2.07. The summed E-state index contributed by atoms with van der Waals surface area (Å²) in [6, 6.07) is 0. The first-order chi connectivity index (χ1) is 6.93. The molecule has 0 saturated heterocycles. The van der Waals surface area contributed by atoms with Crippen molar-refractivity contribution in [3.8, 4) is 0 Å². The Morgan fingerprint density at radius 1 is 1.53 bits per heavy atom. The summed E-state index contributed by atoms with van der Waals surface area (Å²) in [5.41, 5.74) is 7.21. The molecule has 15 heavy (non-hydrogen) atoms. The third kappa shape index (κ3) is 2.82. The van der Waals surface area contributed by atoms with Crippen LogP contribution in [0.15, 0.2) is 15.5 Å². The second kappa shape index (κ2) is 4.81. The van der Waals surface area contributed by atoms with E-state index in [1.165, 1.54) is 0 Å². The molecule has 0 aliphatic carbocycles. The fourth-order valence-corrected chi connectivity index (χ4v) is 1.67. The van der Waals surface area contributed by atoms with Crippen molar-refractivity contribution < 1.29 is 0 Å². The maximum Gasteiger partial charge on any atom is 0.265 e. The van der Waals surface area contributed by atoms with Gasteiger partial charge < -0.3 is 15.2 Å². The van der Waals surface area contributed by atoms with E-state index >= 15 is 0 Å². The number of nitrogens with two attached hydrogens (primary N) is 1. The molecule has 0 radical (unpaired) electrons. The molecule has 0 amide bonds. The number of aromatic nitrogens is 1. The predicted octanol–water partition coefficient (Wildman–Crippen LogP) is 1.06. The zero-order valence-electron chi connectivity index (χ0n) is 9.25. The van der Waals surface area contributed by atoms with E-state index in [0.717, 1.165) is 12.1 Å². The van der Waals surface area contributed by atoms with Crippen LogP contribution in [0.1, 0.15) is 5.56 Å². The molecule has 84 valence electrons. The first-order valence-corrected chi connectivity index (χ1v) is 5.52. The summed E-state index contributed by atoms with van der Waals surface area (Å²) >= 11 is 3.26. The summed E-state index contributed by atoms with van der Waals surface area (Å²) in [7, 11) is 3.94. The fraction of sp³-hybridized carbons (Fsp3) is 0.500. The van der Waals surface area contributed by atoms with Gasteiger partial charge in [-0.05, 0) is 42.5 Å². The lowest BCUT2D eigenvalue weighted by molar-refractivity contribution is 0.381. The van der Waals surface area contributed by atoms with Gasteiger partial charge in [0.05, 0.1) is 10.2 Å². The van der Waals surface area contributed by atoms with Gasteiger partial charge in [-0.15, -0.1) is 0 Å². The average molecular weight is 274 g/mol. The number of anilines is 1. The highest BCUT2D eigenvalue weighted by Crippen LogP contribution is 2.16. The van der Waals surface area contributed by atoms with E-state index < -0.39 is 0 Å². The van der Waals surface area contributed by atoms with E-state index in [-0.39, 0.29) is 5.56 Å². The van der Waals surface area contributed by atoms with Crippen molar-refractivity contribution >= 4 is 21.6 Å². The van der Waals surface area contributed by atoms with Crippen LogP contribution in [0.3, 0.4) is 0 Å². The number of nitrogen functional groups attached to an aromatic ring is 1. The normalized spacial score (nSPS) is 11.0. The monoisotopic (exact) mass is 273 g/mol. The molecule has 0 aliphatic heterocycles. The molecular weight excluding hydrogens is 258 g/mol. The van der Waals surface area contributed by atoms with Crippen molar-refractivity contribution in [1.82, 2.24) is 9.47 Å². The summed E-state index contributed by atoms with van der Waals surface area (Å²) in [4.78, 5) is 13.8. The Kier molecular flexibility index (Phi) is 3.93. The largest absolute Gasteiger partial charge is 0.397 e. The number of hydrogen-bond donors (Lipinski definition) is 1. The molecular formula is C10H16BrN3O. The van der Waals surface area contributed by atoms with E-state index in [2.05, 4.69) is 15.9 Å². The molecule has 1 aromatic heterocycles. The van der Waals surface area contributed by atoms with Crippen LogP contribution in [0.5, 0.6) is 0 Å². The first-order valence-electron chi connectivity index (χ1n) is 4.73. The SMILES string of the molecule is Cc1c(N)cn(CCN(C)C)c(=O)c1Br. The molecule has 1 rings (SSSR count). The minimum atomic E-state index is -0.0245. The zero-order chi connectivity index (χ0) is 11.6. The maximum atomic E-state index is 11.8. The van der Waals surface area contributed by atoms with Gasteiger partial charge in [-0.2, -0.15) is 0 Å². The van der Waals surface area contributed by atoms with Gasteiger partial charge >= 0.3 is 0 Å². The molecule has 0 saturated carbocycles. The van der Waals surface area contributed by atoms with E-state index in [0.29, 0.717) is 16.7 Å². The molecule has 1 aromatic rings. The highest BCUT2D eigenvalue weighted by molar-refractivity contribution is 9.10. The summed E-state index contributed by atoms with van der Waals surface area (Å²) < 4.78 is 2.19. The van der Waals surface area contributed by atoms with Crippen molar-refractivity contribution in [3.05, 3.63) is 26.6 Å². The zero-order valence-corrected chi connectivity index (χ0v) is 10.8. The smallest absolute Gasteiger partial charge is 0.265 e. The Bertz CT molecular complexity index is 412. The third-order valence-electron chi connectivity index (χ3n) is 2.29. The molecule has 0 unspecified atom stereocenters. The van der Waals surface area contributed by atoms with E-state index in [4.69, 9.17) is 5.73 Å². The lowest BCUT2D eigenvalue weighted by Gasteiger charge is -2.13. The summed E-state index contributed by atoms with van der Waals surface area (Å²) in [5, 5.41) is 0. The first kappa shape index (κ1) is 12.3. The maximum absolute atomic E-state index is 11.8. The van der Waals surface area contributed by atoms with Crippen LogP contribution in [0.4, 0.5) is 5.69 Å². The third-order valence-corrected chi connectivity index (χ3v) is 3.23. The molecule has 0 aromatic carbocycles. The molecule has 2 N–H and O–H groups in total. The van der Waals surface area contributed by atoms with Crippen LogP contribution in [-0.4, -0.2) is 30.1 Å². The van der Waals surface area contributed by atoms with Crippen LogP contribution in [0.25, 0.3) is 0 Å². The molecule has 4 nitrogen and oxygen atoms in total. The Morgan fingerprint density at radius 2 is 2.13 bits per heavy atom. The van der Waals surface area contributed by atoms with Gasteiger partial charge in [-0.3, -0.25) is 4.79 Å². The van der Waals surface area contributed by atoms with E-state index in [9.17, 15) is 4.79 Å². The van der Waals surface area contributed by atoms with Crippen molar-refractivity contribution in [2.75, 3.05) is 26.4 Å². The molecule has 5 heteroatoms. The Labute approximate surface area is 97.8 Å². The molecule has 0 bridgehead atoms. The topological polar surface area (TPSA) is 51.3 Å². The van der Waals surface area contributed by atoms with Gasteiger partial charge in [0.15, 0.2) is 0 Å². The minimum Gasteiger partial charge on any atom is -0.397 e. The Balaban J connectivity index is 3.05. The van der Waals surface area contributed by atoms with Gasteiger partial charge in [0.25, 0.3) is 5.56 Å². The van der Waals surface area contributed by atoms with Crippen molar-refractivity contribution in [3.63, 3.8) is 0 Å². The molecule has 0 fully saturated rings. The second-order valence-corrected chi connectivity index (χ2v) is 4.62.